The third-order valence-electron chi connectivity index (χ3n) is 2.14. The Bertz CT molecular complexity index is 388. The summed E-state index contributed by atoms with van der Waals surface area (Å²) in [6.45, 7) is 3.54. The van der Waals surface area contributed by atoms with E-state index in [9.17, 15) is 9.90 Å². The molecule has 0 aliphatic heterocycles. The van der Waals surface area contributed by atoms with Gasteiger partial charge in [0.05, 0.1) is 11.0 Å². The molecular formula is C10H12BrNO2. The van der Waals surface area contributed by atoms with E-state index in [4.69, 9.17) is 5.73 Å². The Labute approximate surface area is 91.1 Å². The summed E-state index contributed by atoms with van der Waals surface area (Å²) in [4.78, 5) is 11.5. The maximum absolute atomic E-state index is 11.5. The molecule has 0 aliphatic carbocycles. The molecular weight excluding hydrogens is 246 g/mol. The quantitative estimate of drug-likeness (QED) is 0.796. The van der Waals surface area contributed by atoms with Crippen LogP contribution in [-0.4, -0.2) is 17.4 Å². The van der Waals surface area contributed by atoms with Crippen LogP contribution in [-0.2, 0) is 0 Å². The van der Waals surface area contributed by atoms with Gasteiger partial charge in [-0.3, -0.25) is 4.79 Å². The molecule has 4 heteroatoms. The van der Waals surface area contributed by atoms with Gasteiger partial charge in [0.25, 0.3) is 0 Å². The fraction of sp³-hybridized carbons (Fsp3) is 0.300. The van der Waals surface area contributed by atoms with E-state index in [0.717, 1.165) is 11.1 Å². The highest BCUT2D eigenvalue weighted by Gasteiger charge is 2.15. The summed E-state index contributed by atoms with van der Waals surface area (Å²) >= 11 is 3.22. The minimum Gasteiger partial charge on any atom is -0.507 e. The number of carbonyl (C=O) groups is 1. The lowest BCUT2D eigenvalue weighted by Gasteiger charge is -2.10. The molecule has 1 rings (SSSR count). The van der Waals surface area contributed by atoms with Crippen LogP contribution < -0.4 is 5.73 Å². The molecule has 1 aromatic rings. The fourth-order valence-electron chi connectivity index (χ4n) is 1.47. The molecule has 0 bridgehead atoms. The number of hydrogen-bond donors (Lipinski definition) is 2. The Hall–Kier alpha value is -0.870. The van der Waals surface area contributed by atoms with Crippen molar-refractivity contribution >= 4 is 21.7 Å². The van der Waals surface area contributed by atoms with Crippen molar-refractivity contribution in [1.29, 1.82) is 0 Å². The summed E-state index contributed by atoms with van der Waals surface area (Å²) in [5.41, 5.74) is 7.38. The first-order valence-electron chi connectivity index (χ1n) is 4.21. The van der Waals surface area contributed by atoms with E-state index in [-0.39, 0.29) is 18.1 Å². The molecule has 0 amide bonds. The zero-order valence-electron chi connectivity index (χ0n) is 8.10. The fourth-order valence-corrected chi connectivity index (χ4v) is 1.78. The highest BCUT2D eigenvalue weighted by molar-refractivity contribution is 9.10. The molecule has 0 atom stereocenters. The largest absolute Gasteiger partial charge is 0.507 e. The van der Waals surface area contributed by atoms with E-state index in [1.165, 1.54) is 0 Å². The van der Waals surface area contributed by atoms with Gasteiger partial charge in [0.1, 0.15) is 5.75 Å². The molecule has 0 heterocycles. The molecule has 0 saturated carbocycles. The van der Waals surface area contributed by atoms with Gasteiger partial charge >= 0.3 is 0 Å². The van der Waals surface area contributed by atoms with Crippen molar-refractivity contribution in [1.82, 2.24) is 0 Å². The maximum atomic E-state index is 11.5. The lowest BCUT2D eigenvalue weighted by molar-refractivity contribution is 0.1000. The highest BCUT2D eigenvalue weighted by Crippen LogP contribution is 2.32. The lowest BCUT2D eigenvalue weighted by Crippen LogP contribution is -2.16. The summed E-state index contributed by atoms with van der Waals surface area (Å²) in [5.74, 6) is 0.0364. The summed E-state index contributed by atoms with van der Waals surface area (Å²) in [7, 11) is 0. The van der Waals surface area contributed by atoms with Gasteiger partial charge < -0.3 is 10.8 Å². The molecule has 3 nitrogen and oxygen atoms in total. The van der Waals surface area contributed by atoms with Gasteiger partial charge in [-0.15, -0.1) is 0 Å². The minimum absolute atomic E-state index is 0.0150. The van der Waals surface area contributed by atoms with Crippen LogP contribution in [0.15, 0.2) is 10.5 Å². The molecule has 0 spiro atoms. The molecule has 0 radical (unpaired) electrons. The second-order valence-electron chi connectivity index (χ2n) is 3.15. The molecule has 0 fully saturated rings. The SMILES string of the molecule is Cc1cc(O)c(Br)c(C)c1C(=O)CN. The van der Waals surface area contributed by atoms with E-state index in [0.29, 0.717) is 10.0 Å². The summed E-state index contributed by atoms with van der Waals surface area (Å²) in [5, 5.41) is 9.47. The first-order valence-corrected chi connectivity index (χ1v) is 5.00. The lowest BCUT2D eigenvalue weighted by atomic mass is 9.99. The third-order valence-corrected chi connectivity index (χ3v) is 3.14. The number of ketones is 1. The maximum Gasteiger partial charge on any atom is 0.176 e. The number of aryl methyl sites for hydroxylation is 1. The average molecular weight is 258 g/mol. The van der Waals surface area contributed by atoms with Crippen LogP contribution in [0.25, 0.3) is 0 Å². The van der Waals surface area contributed by atoms with Crippen molar-refractivity contribution in [2.75, 3.05) is 6.54 Å². The normalized spacial score (nSPS) is 10.3. The number of Topliss-reactive ketones (excluding diaryl/α,β-unsaturated/α-hetero) is 1. The zero-order chi connectivity index (χ0) is 10.9. The van der Waals surface area contributed by atoms with Crippen molar-refractivity contribution in [2.45, 2.75) is 13.8 Å². The Morgan fingerprint density at radius 2 is 2.14 bits per heavy atom. The van der Waals surface area contributed by atoms with Gasteiger partial charge in [0.15, 0.2) is 5.78 Å². The predicted molar refractivity (Wildman–Crippen MR) is 58.7 cm³/mol. The number of nitrogens with two attached hydrogens (primary N) is 1. The molecule has 3 N–H and O–H groups in total. The smallest absolute Gasteiger partial charge is 0.176 e. The van der Waals surface area contributed by atoms with Crippen LogP contribution in [0.3, 0.4) is 0 Å². The molecule has 0 unspecified atom stereocenters. The number of hydrogen-bond acceptors (Lipinski definition) is 3. The van der Waals surface area contributed by atoms with Crippen LogP contribution in [0.5, 0.6) is 5.75 Å². The molecule has 76 valence electrons. The number of phenolic OH excluding ortho intramolecular Hbond substituents is 1. The minimum atomic E-state index is -0.110. The van der Waals surface area contributed by atoms with Gasteiger partial charge in [-0.25, -0.2) is 0 Å². The summed E-state index contributed by atoms with van der Waals surface area (Å²) in [6, 6.07) is 1.56. The zero-order valence-corrected chi connectivity index (χ0v) is 9.68. The number of rotatable bonds is 2. The standard InChI is InChI=1S/C10H12BrNO2/c1-5-3-7(13)10(11)6(2)9(5)8(14)4-12/h3,13H,4,12H2,1-2H3. The summed E-state index contributed by atoms with van der Waals surface area (Å²) in [6.07, 6.45) is 0. The number of aromatic hydroxyl groups is 1. The molecule has 0 aromatic heterocycles. The van der Waals surface area contributed by atoms with E-state index in [1.807, 2.05) is 0 Å². The third kappa shape index (κ3) is 1.81. The van der Waals surface area contributed by atoms with Gasteiger partial charge in [0, 0.05) is 5.56 Å². The first kappa shape index (κ1) is 11.2. The van der Waals surface area contributed by atoms with Crippen LogP contribution in [0.2, 0.25) is 0 Å². The molecule has 14 heavy (non-hydrogen) atoms. The Balaban J connectivity index is 3.44. The van der Waals surface area contributed by atoms with Crippen molar-refractivity contribution in [3.8, 4) is 5.75 Å². The molecule has 1 aromatic carbocycles. The Morgan fingerprint density at radius 1 is 1.57 bits per heavy atom. The second-order valence-corrected chi connectivity index (χ2v) is 3.95. The number of phenols is 1. The van der Waals surface area contributed by atoms with E-state index in [2.05, 4.69) is 15.9 Å². The van der Waals surface area contributed by atoms with Gasteiger partial charge in [-0.2, -0.15) is 0 Å². The van der Waals surface area contributed by atoms with E-state index < -0.39 is 0 Å². The van der Waals surface area contributed by atoms with Crippen molar-refractivity contribution in [3.05, 3.63) is 27.2 Å². The van der Waals surface area contributed by atoms with E-state index >= 15 is 0 Å². The van der Waals surface area contributed by atoms with Gasteiger partial charge in [-0.05, 0) is 47.0 Å². The van der Waals surface area contributed by atoms with Crippen LogP contribution >= 0.6 is 15.9 Å². The molecule has 0 aliphatic rings. The van der Waals surface area contributed by atoms with E-state index in [1.54, 1.807) is 19.9 Å². The van der Waals surface area contributed by atoms with Crippen LogP contribution in [0.4, 0.5) is 0 Å². The average Bonchev–Trinajstić information content (AvgIpc) is 2.14. The van der Waals surface area contributed by atoms with Gasteiger partial charge in [-0.1, -0.05) is 0 Å². The predicted octanol–water partition coefficient (Wildman–Crippen LogP) is 1.91. The van der Waals surface area contributed by atoms with Crippen molar-refractivity contribution in [2.24, 2.45) is 5.73 Å². The van der Waals surface area contributed by atoms with Crippen molar-refractivity contribution < 1.29 is 9.90 Å². The second kappa shape index (κ2) is 4.11. The van der Waals surface area contributed by atoms with Crippen molar-refractivity contribution in [3.63, 3.8) is 0 Å². The van der Waals surface area contributed by atoms with Crippen LogP contribution in [0.1, 0.15) is 21.5 Å². The summed E-state index contributed by atoms with van der Waals surface area (Å²) < 4.78 is 0.555. The Kier molecular flexibility index (Phi) is 3.29. The number of halogens is 1. The molecule has 0 saturated heterocycles. The Morgan fingerprint density at radius 3 is 2.64 bits per heavy atom. The monoisotopic (exact) mass is 257 g/mol. The van der Waals surface area contributed by atoms with Crippen LogP contribution in [0, 0.1) is 13.8 Å². The number of benzene rings is 1. The van der Waals surface area contributed by atoms with Gasteiger partial charge in [0.2, 0.25) is 0 Å². The topological polar surface area (TPSA) is 63.3 Å². The first-order chi connectivity index (χ1) is 6.49. The number of carbonyl (C=O) groups excluding carboxylic acids is 1. The highest BCUT2D eigenvalue weighted by atomic mass is 79.9.